The van der Waals surface area contributed by atoms with E-state index in [1.165, 1.54) is 12.1 Å². The van der Waals surface area contributed by atoms with Crippen LogP contribution in [0.1, 0.15) is 29.6 Å². The second-order valence-corrected chi connectivity index (χ2v) is 10.8. The Morgan fingerprint density at radius 1 is 1.14 bits per heavy atom. The molecule has 154 valence electrons. The first-order chi connectivity index (χ1) is 13.9. The molecule has 1 N–H and O–H groups in total. The monoisotopic (exact) mass is 434 g/mol. The van der Waals surface area contributed by atoms with Crippen LogP contribution < -0.4 is 5.32 Å². The van der Waals surface area contributed by atoms with Gasteiger partial charge in [-0.1, -0.05) is 30.3 Å². The van der Waals surface area contributed by atoms with Crippen molar-refractivity contribution in [3.05, 3.63) is 65.5 Å². The average Bonchev–Trinajstić information content (AvgIpc) is 2.71. The predicted molar refractivity (Wildman–Crippen MR) is 112 cm³/mol. The SMILES string of the molecule is O=C(NC1CCSc2ccc(F)cc21)C(c1ccccc1)N1CCS(=O)(=O)CC1. The molecule has 2 unspecified atom stereocenters. The zero-order valence-electron chi connectivity index (χ0n) is 15.9. The smallest absolute Gasteiger partial charge is 0.242 e. The number of sulfone groups is 1. The highest BCUT2D eigenvalue weighted by atomic mass is 32.2. The quantitative estimate of drug-likeness (QED) is 0.802. The number of halogens is 1. The van der Waals surface area contributed by atoms with Gasteiger partial charge < -0.3 is 5.32 Å². The molecular weight excluding hydrogens is 411 g/mol. The molecule has 0 bridgehead atoms. The second-order valence-electron chi connectivity index (χ2n) is 7.38. The molecule has 0 radical (unpaired) electrons. The van der Waals surface area contributed by atoms with E-state index >= 15 is 0 Å². The first-order valence-electron chi connectivity index (χ1n) is 9.65. The van der Waals surface area contributed by atoms with E-state index in [0.717, 1.165) is 28.2 Å². The van der Waals surface area contributed by atoms with Crippen molar-refractivity contribution in [1.29, 1.82) is 0 Å². The summed E-state index contributed by atoms with van der Waals surface area (Å²) in [6.07, 6.45) is 0.725. The van der Waals surface area contributed by atoms with Gasteiger partial charge in [-0.25, -0.2) is 12.8 Å². The number of thioether (sulfide) groups is 1. The van der Waals surface area contributed by atoms with E-state index in [-0.39, 0.29) is 29.3 Å². The molecule has 29 heavy (non-hydrogen) atoms. The summed E-state index contributed by atoms with van der Waals surface area (Å²) in [6, 6.07) is 13.3. The van der Waals surface area contributed by atoms with Crippen LogP contribution in [0.4, 0.5) is 4.39 Å². The molecule has 2 aliphatic heterocycles. The molecule has 2 aliphatic rings. The van der Waals surface area contributed by atoms with Crippen molar-refractivity contribution >= 4 is 27.5 Å². The fourth-order valence-corrected chi connectivity index (χ4v) is 6.25. The lowest BCUT2D eigenvalue weighted by atomic mass is 10.0. The van der Waals surface area contributed by atoms with E-state index in [9.17, 15) is 17.6 Å². The van der Waals surface area contributed by atoms with Crippen LogP contribution in [0.3, 0.4) is 0 Å². The minimum absolute atomic E-state index is 0.0533. The van der Waals surface area contributed by atoms with Crippen molar-refractivity contribution in [2.24, 2.45) is 0 Å². The van der Waals surface area contributed by atoms with Crippen LogP contribution in [0.25, 0.3) is 0 Å². The molecule has 2 atom stereocenters. The molecule has 1 amide bonds. The Bertz CT molecular complexity index is 984. The summed E-state index contributed by atoms with van der Waals surface area (Å²) in [5, 5.41) is 3.11. The van der Waals surface area contributed by atoms with Gasteiger partial charge in [-0.3, -0.25) is 9.69 Å². The van der Waals surface area contributed by atoms with Crippen LogP contribution >= 0.6 is 11.8 Å². The van der Waals surface area contributed by atoms with E-state index in [4.69, 9.17) is 0 Å². The van der Waals surface area contributed by atoms with Crippen LogP contribution in [-0.4, -0.2) is 49.6 Å². The molecule has 1 saturated heterocycles. The highest BCUT2D eigenvalue weighted by molar-refractivity contribution is 7.99. The molecule has 1 fully saturated rings. The number of hydrogen-bond donors (Lipinski definition) is 1. The maximum atomic E-state index is 13.8. The highest BCUT2D eigenvalue weighted by Crippen LogP contribution is 2.37. The van der Waals surface area contributed by atoms with Gasteiger partial charge in [0, 0.05) is 23.7 Å². The number of nitrogens with one attached hydrogen (secondary N) is 1. The topological polar surface area (TPSA) is 66.5 Å². The molecule has 2 aromatic carbocycles. The normalized spacial score (nSPS) is 22.4. The van der Waals surface area contributed by atoms with E-state index in [0.29, 0.717) is 13.1 Å². The predicted octanol–water partition coefficient (Wildman–Crippen LogP) is 2.95. The molecule has 2 heterocycles. The number of hydrogen-bond acceptors (Lipinski definition) is 5. The summed E-state index contributed by atoms with van der Waals surface area (Å²) >= 11 is 1.67. The van der Waals surface area contributed by atoms with Gasteiger partial charge in [-0.05, 0) is 35.7 Å². The number of nitrogens with zero attached hydrogens (tertiary/aromatic N) is 1. The largest absolute Gasteiger partial charge is 0.348 e. The molecule has 4 rings (SSSR count). The molecule has 8 heteroatoms. The van der Waals surface area contributed by atoms with Crippen molar-refractivity contribution in [2.75, 3.05) is 30.3 Å². The summed E-state index contributed by atoms with van der Waals surface area (Å²) in [4.78, 5) is 16.3. The number of rotatable bonds is 4. The third-order valence-electron chi connectivity index (χ3n) is 5.44. The molecule has 2 aromatic rings. The third kappa shape index (κ3) is 4.65. The summed E-state index contributed by atoms with van der Waals surface area (Å²) < 4.78 is 37.5. The minimum Gasteiger partial charge on any atom is -0.348 e. The standard InChI is InChI=1S/C21H23FN2O3S2/c22-16-6-7-19-17(14-16)18(8-11-28-19)23-21(25)20(15-4-2-1-3-5-15)24-9-12-29(26,27)13-10-24/h1-7,14,18,20H,8-13H2,(H,23,25). The second kappa shape index (κ2) is 8.45. The maximum absolute atomic E-state index is 13.8. The zero-order valence-corrected chi connectivity index (χ0v) is 17.5. The van der Waals surface area contributed by atoms with Gasteiger partial charge in [0.15, 0.2) is 9.84 Å². The Labute approximate surface area is 174 Å². The number of carbonyl (C=O) groups excluding carboxylic acids is 1. The van der Waals surface area contributed by atoms with Crippen molar-refractivity contribution in [3.63, 3.8) is 0 Å². The molecular formula is C21H23FN2O3S2. The summed E-state index contributed by atoms with van der Waals surface area (Å²) in [6.45, 7) is 0.641. The third-order valence-corrected chi connectivity index (χ3v) is 8.17. The van der Waals surface area contributed by atoms with Crippen LogP contribution in [0.2, 0.25) is 0 Å². The summed E-state index contributed by atoms with van der Waals surface area (Å²) in [5.74, 6) is 0.464. The van der Waals surface area contributed by atoms with Crippen LogP contribution in [0, 0.1) is 5.82 Å². The Kier molecular flexibility index (Phi) is 5.94. The lowest BCUT2D eigenvalue weighted by Gasteiger charge is -2.35. The van der Waals surface area contributed by atoms with E-state index in [2.05, 4.69) is 5.32 Å². The lowest BCUT2D eigenvalue weighted by Crippen LogP contribution is -2.48. The molecule has 0 aromatic heterocycles. The number of amides is 1. The molecule has 0 saturated carbocycles. The van der Waals surface area contributed by atoms with Gasteiger partial charge in [0.05, 0.1) is 17.5 Å². The Morgan fingerprint density at radius 2 is 1.86 bits per heavy atom. The number of carbonyl (C=O) groups is 1. The fraction of sp³-hybridized carbons (Fsp3) is 0.381. The number of benzene rings is 2. The van der Waals surface area contributed by atoms with Gasteiger partial charge in [0.25, 0.3) is 0 Å². The Balaban J connectivity index is 1.59. The molecule has 0 spiro atoms. The van der Waals surface area contributed by atoms with Crippen molar-refractivity contribution in [2.45, 2.75) is 23.4 Å². The van der Waals surface area contributed by atoms with E-state index < -0.39 is 15.9 Å². The maximum Gasteiger partial charge on any atom is 0.242 e. The van der Waals surface area contributed by atoms with Crippen LogP contribution in [0.5, 0.6) is 0 Å². The Morgan fingerprint density at radius 3 is 2.59 bits per heavy atom. The molecule has 0 aliphatic carbocycles. The van der Waals surface area contributed by atoms with Gasteiger partial charge in [-0.15, -0.1) is 11.8 Å². The number of fused-ring (bicyclic) bond motifs is 1. The molecule has 5 nitrogen and oxygen atoms in total. The average molecular weight is 435 g/mol. The Hall–Kier alpha value is -1.90. The van der Waals surface area contributed by atoms with E-state index in [1.54, 1.807) is 17.8 Å². The van der Waals surface area contributed by atoms with Gasteiger partial charge in [0.2, 0.25) is 5.91 Å². The minimum atomic E-state index is -3.05. The fourth-order valence-electron chi connectivity index (χ4n) is 3.91. The van der Waals surface area contributed by atoms with Crippen molar-refractivity contribution in [3.8, 4) is 0 Å². The van der Waals surface area contributed by atoms with Crippen molar-refractivity contribution < 1.29 is 17.6 Å². The van der Waals surface area contributed by atoms with Gasteiger partial charge in [-0.2, -0.15) is 0 Å². The zero-order chi connectivity index (χ0) is 20.4. The highest BCUT2D eigenvalue weighted by Gasteiger charge is 2.34. The first-order valence-corrected chi connectivity index (χ1v) is 12.5. The van der Waals surface area contributed by atoms with Crippen molar-refractivity contribution in [1.82, 2.24) is 10.2 Å². The summed E-state index contributed by atoms with van der Waals surface area (Å²) in [7, 11) is -3.05. The van der Waals surface area contributed by atoms with Gasteiger partial charge in [0.1, 0.15) is 11.9 Å². The van der Waals surface area contributed by atoms with E-state index in [1.807, 2.05) is 35.2 Å². The lowest BCUT2D eigenvalue weighted by molar-refractivity contribution is -0.127. The van der Waals surface area contributed by atoms with Crippen LogP contribution in [0.15, 0.2) is 53.4 Å². The van der Waals surface area contributed by atoms with Gasteiger partial charge >= 0.3 is 0 Å². The van der Waals surface area contributed by atoms with Crippen LogP contribution in [-0.2, 0) is 14.6 Å². The summed E-state index contributed by atoms with van der Waals surface area (Å²) in [5.41, 5.74) is 1.64. The first kappa shape index (κ1) is 20.4.